The maximum atomic E-state index is 12.6. The molecule has 0 bridgehead atoms. The summed E-state index contributed by atoms with van der Waals surface area (Å²) in [5.74, 6) is -0.210. The number of hydrogen-bond donors (Lipinski definition) is 3. The van der Waals surface area contributed by atoms with Crippen molar-refractivity contribution in [2.45, 2.75) is 37.7 Å². The minimum absolute atomic E-state index is 0.0282. The van der Waals surface area contributed by atoms with E-state index >= 15 is 0 Å². The van der Waals surface area contributed by atoms with Gasteiger partial charge in [0, 0.05) is 39.6 Å². The molecule has 4 N–H and O–H groups in total. The van der Waals surface area contributed by atoms with Gasteiger partial charge in [0.05, 0.1) is 5.60 Å². The van der Waals surface area contributed by atoms with Crippen LogP contribution in [0.2, 0.25) is 0 Å². The molecule has 0 aromatic rings. The van der Waals surface area contributed by atoms with Gasteiger partial charge in [0.1, 0.15) is 5.41 Å². The Bertz CT molecular complexity index is 400. The Morgan fingerprint density at radius 2 is 1.95 bits per heavy atom. The van der Waals surface area contributed by atoms with Crippen LogP contribution in [0.15, 0.2) is 5.16 Å². The number of likely N-dealkylation sites (N-methyl/N-ethyl adjacent to an activating group) is 1. The van der Waals surface area contributed by atoms with E-state index in [1.807, 2.05) is 0 Å². The smallest absolute Gasteiger partial charge is 0.236 e. The van der Waals surface area contributed by atoms with Crippen LogP contribution in [0.4, 0.5) is 0 Å². The zero-order valence-electron chi connectivity index (χ0n) is 11.8. The van der Waals surface area contributed by atoms with E-state index in [0.717, 1.165) is 6.42 Å². The number of carbonyl (C=O) groups is 1. The van der Waals surface area contributed by atoms with Gasteiger partial charge in [0.25, 0.3) is 0 Å². The second kappa shape index (κ2) is 5.57. The minimum Gasteiger partial charge on any atom is -0.409 e. The molecule has 0 spiro atoms. The summed E-state index contributed by atoms with van der Waals surface area (Å²) in [6.45, 7) is 1.25. The molecule has 0 unspecified atom stereocenters. The first-order valence-corrected chi connectivity index (χ1v) is 6.97. The molecule has 1 saturated heterocycles. The Morgan fingerprint density at radius 1 is 1.35 bits per heavy atom. The van der Waals surface area contributed by atoms with Crippen molar-refractivity contribution >= 4 is 11.7 Å². The predicted octanol–water partition coefficient (Wildman–Crippen LogP) is -0.0970. The van der Waals surface area contributed by atoms with Crippen LogP contribution in [-0.2, 0) is 9.53 Å². The van der Waals surface area contributed by atoms with E-state index in [1.165, 1.54) is 4.90 Å². The zero-order valence-corrected chi connectivity index (χ0v) is 11.8. The van der Waals surface area contributed by atoms with Crippen molar-refractivity contribution in [1.29, 1.82) is 0 Å². The highest BCUT2D eigenvalue weighted by Gasteiger charge is 2.50. The summed E-state index contributed by atoms with van der Waals surface area (Å²) >= 11 is 0. The highest BCUT2D eigenvalue weighted by molar-refractivity contribution is 6.07. The number of nitrogens with zero attached hydrogens (tertiary/aromatic N) is 2. The highest BCUT2D eigenvalue weighted by atomic mass is 16.5. The molecule has 1 heterocycles. The number of rotatable bonds is 4. The quantitative estimate of drug-likeness (QED) is 0.289. The molecule has 0 atom stereocenters. The van der Waals surface area contributed by atoms with Gasteiger partial charge in [-0.15, -0.1) is 0 Å². The van der Waals surface area contributed by atoms with Crippen molar-refractivity contribution < 1.29 is 19.8 Å². The van der Waals surface area contributed by atoms with Crippen molar-refractivity contribution in [1.82, 2.24) is 4.90 Å². The molecule has 7 heteroatoms. The molecule has 1 aliphatic carbocycles. The number of aliphatic hydroxyl groups is 1. The van der Waals surface area contributed by atoms with Gasteiger partial charge in [0.15, 0.2) is 5.84 Å². The molecule has 20 heavy (non-hydrogen) atoms. The normalized spacial score (nSPS) is 24.8. The first kappa shape index (κ1) is 15.1. The molecule has 2 rings (SSSR count). The monoisotopic (exact) mass is 285 g/mol. The van der Waals surface area contributed by atoms with Gasteiger partial charge in [-0.05, 0) is 12.8 Å². The van der Waals surface area contributed by atoms with Crippen molar-refractivity contribution in [2.24, 2.45) is 16.3 Å². The van der Waals surface area contributed by atoms with Gasteiger partial charge >= 0.3 is 0 Å². The van der Waals surface area contributed by atoms with E-state index in [2.05, 4.69) is 5.16 Å². The van der Waals surface area contributed by atoms with E-state index in [9.17, 15) is 9.90 Å². The van der Waals surface area contributed by atoms with Crippen LogP contribution in [0.25, 0.3) is 0 Å². The number of hydrogen-bond acceptors (Lipinski definition) is 5. The van der Waals surface area contributed by atoms with Gasteiger partial charge in [-0.2, -0.15) is 0 Å². The lowest BCUT2D eigenvalue weighted by atomic mass is 9.66. The zero-order chi connectivity index (χ0) is 14.8. The Balaban J connectivity index is 2.04. The van der Waals surface area contributed by atoms with Crippen LogP contribution in [0.3, 0.4) is 0 Å². The summed E-state index contributed by atoms with van der Waals surface area (Å²) in [6, 6.07) is 0. The third kappa shape index (κ3) is 2.60. The molecule has 2 aliphatic rings. The molecule has 1 saturated carbocycles. The van der Waals surface area contributed by atoms with E-state index in [4.69, 9.17) is 15.7 Å². The molecule has 1 amide bonds. The second-order valence-electron chi connectivity index (χ2n) is 5.92. The average molecular weight is 285 g/mol. The van der Waals surface area contributed by atoms with Crippen molar-refractivity contribution in [2.75, 3.05) is 26.8 Å². The summed E-state index contributed by atoms with van der Waals surface area (Å²) in [7, 11) is 1.65. The predicted molar refractivity (Wildman–Crippen MR) is 72.3 cm³/mol. The fraction of sp³-hybridized carbons (Fsp3) is 0.846. The molecule has 0 aromatic carbocycles. The fourth-order valence-electron chi connectivity index (χ4n) is 2.99. The van der Waals surface area contributed by atoms with Gasteiger partial charge in [-0.3, -0.25) is 4.79 Å². The van der Waals surface area contributed by atoms with Crippen molar-refractivity contribution in [3.63, 3.8) is 0 Å². The number of amidine groups is 1. The van der Waals surface area contributed by atoms with Crippen LogP contribution in [0, 0.1) is 5.41 Å². The standard InChI is InChI=1S/C13H23N3O4/c1-16(9-12(18)5-7-20-8-6-12)11(17)13(3-2-4-13)10(14)15-19/h18-19H,2-9H2,1H3,(H2,14,15). The summed E-state index contributed by atoms with van der Waals surface area (Å²) in [4.78, 5) is 14.1. The second-order valence-corrected chi connectivity index (χ2v) is 5.92. The molecule has 0 aromatic heterocycles. The first-order chi connectivity index (χ1) is 9.43. The molecular formula is C13H23N3O4. The number of amides is 1. The number of oxime groups is 1. The summed E-state index contributed by atoms with van der Waals surface area (Å²) < 4.78 is 5.23. The van der Waals surface area contributed by atoms with E-state index in [-0.39, 0.29) is 18.3 Å². The summed E-state index contributed by atoms with van der Waals surface area (Å²) in [5.41, 5.74) is 3.90. The van der Waals surface area contributed by atoms with Gasteiger partial charge in [0.2, 0.25) is 5.91 Å². The molecule has 0 radical (unpaired) electrons. The Morgan fingerprint density at radius 3 is 2.40 bits per heavy atom. The minimum atomic E-state index is -0.904. The Hall–Kier alpha value is -1.34. The van der Waals surface area contributed by atoms with Crippen LogP contribution in [-0.4, -0.2) is 59.4 Å². The number of carbonyl (C=O) groups excluding carboxylic acids is 1. The third-order valence-electron chi connectivity index (χ3n) is 4.52. The van der Waals surface area contributed by atoms with E-state index in [0.29, 0.717) is 38.9 Å². The van der Waals surface area contributed by atoms with Crippen molar-refractivity contribution in [3.8, 4) is 0 Å². The Kier molecular flexibility index (Phi) is 4.19. The molecule has 7 nitrogen and oxygen atoms in total. The lowest BCUT2D eigenvalue weighted by molar-refractivity contribution is -0.147. The maximum Gasteiger partial charge on any atom is 0.236 e. The summed E-state index contributed by atoms with van der Waals surface area (Å²) in [5, 5.41) is 22.3. The lowest BCUT2D eigenvalue weighted by Gasteiger charge is -2.43. The first-order valence-electron chi connectivity index (χ1n) is 6.97. The topological polar surface area (TPSA) is 108 Å². The van der Waals surface area contributed by atoms with Crippen molar-refractivity contribution in [3.05, 3.63) is 0 Å². The third-order valence-corrected chi connectivity index (χ3v) is 4.52. The number of ether oxygens (including phenoxy) is 1. The van der Waals surface area contributed by atoms with Gasteiger partial charge in [-0.1, -0.05) is 11.6 Å². The molecular weight excluding hydrogens is 262 g/mol. The summed E-state index contributed by atoms with van der Waals surface area (Å²) in [6.07, 6.45) is 3.09. The molecule has 2 fully saturated rings. The lowest BCUT2D eigenvalue weighted by Crippen LogP contribution is -2.57. The van der Waals surface area contributed by atoms with E-state index in [1.54, 1.807) is 7.05 Å². The van der Waals surface area contributed by atoms with Gasteiger partial charge < -0.3 is 25.7 Å². The highest BCUT2D eigenvalue weighted by Crippen LogP contribution is 2.43. The van der Waals surface area contributed by atoms with E-state index < -0.39 is 11.0 Å². The van der Waals surface area contributed by atoms with Crippen LogP contribution in [0.5, 0.6) is 0 Å². The average Bonchev–Trinajstić information content (AvgIpc) is 2.37. The SMILES string of the molecule is CN(CC1(O)CCOCC1)C(=O)C1(C(N)=NO)CCC1. The Labute approximate surface area is 118 Å². The van der Waals surface area contributed by atoms with Crippen LogP contribution in [0.1, 0.15) is 32.1 Å². The fourth-order valence-corrected chi connectivity index (χ4v) is 2.99. The molecule has 114 valence electrons. The van der Waals surface area contributed by atoms with Gasteiger partial charge in [-0.25, -0.2) is 0 Å². The maximum absolute atomic E-state index is 12.6. The molecule has 1 aliphatic heterocycles. The number of nitrogens with two attached hydrogens (primary N) is 1. The largest absolute Gasteiger partial charge is 0.409 e. The van der Waals surface area contributed by atoms with Crippen LogP contribution >= 0.6 is 0 Å². The van der Waals surface area contributed by atoms with Crippen LogP contribution < -0.4 is 5.73 Å².